The SMILES string of the molecule is O=[N+]([O-])c1ccc(-c2ccc(F)cc2)nc1NCCCCc1ncc(-c2ccccc2)o1. The minimum atomic E-state index is -0.471. The molecule has 1 N–H and O–H groups in total. The summed E-state index contributed by atoms with van der Waals surface area (Å²) < 4.78 is 19.0. The molecule has 0 aliphatic heterocycles. The van der Waals surface area contributed by atoms with Crippen molar-refractivity contribution in [2.75, 3.05) is 11.9 Å². The van der Waals surface area contributed by atoms with Crippen molar-refractivity contribution < 1.29 is 13.7 Å². The van der Waals surface area contributed by atoms with Gasteiger partial charge < -0.3 is 9.73 Å². The van der Waals surface area contributed by atoms with Gasteiger partial charge in [0.1, 0.15) is 5.82 Å². The molecule has 8 heteroatoms. The van der Waals surface area contributed by atoms with Gasteiger partial charge in [-0.2, -0.15) is 0 Å². The molecule has 2 heterocycles. The molecule has 0 fully saturated rings. The van der Waals surface area contributed by atoms with Crippen molar-refractivity contribution in [3.8, 4) is 22.6 Å². The highest BCUT2D eigenvalue weighted by molar-refractivity contribution is 5.66. The van der Waals surface area contributed by atoms with Crippen molar-refractivity contribution >= 4 is 11.5 Å². The Bertz CT molecular complexity index is 1190. The molecule has 2 aromatic heterocycles. The van der Waals surface area contributed by atoms with Crippen LogP contribution >= 0.6 is 0 Å². The number of oxazole rings is 1. The smallest absolute Gasteiger partial charge is 0.311 e. The minimum absolute atomic E-state index is 0.101. The number of hydrogen-bond donors (Lipinski definition) is 1. The average molecular weight is 432 g/mol. The largest absolute Gasteiger partial charge is 0.441 e. The van der Waals surface area contributed by atoms with Crippen LogP contribution in [0.5, 0.6) is 0 Å². The lowest BCUT2D eigenvalue weighted by Gasteiger charge is -2.08. The van der Waals surface area contributed by atoms with Gasteiger partial charge in [0.05, 0.1) is 16.8 Å². The number of benzene rings is 2. The van der Waals surface area contributed by atoms with Crippen LogP contribution in [0.4, 0.5) is 15.9 Å². The first-order valence-corrected chi connectivity index (χ1v) is 10.3. The summed E-state index contributed by atoms with van der Waals surface area (Å²) in [6.07, 6.45) is 3.94. The molecule has 0 radical (unpaired) electrons. The summed E-state index contributed by atoms with van der Waals surface area (Å²) in [5.74, 6) is 1.23. The highest BCUT2D eigenvalue weighted by Gasteiger charge is 2.16. The van der Waals surface area contributed by atoms with Crippen LogP contribution < -0.4 is 5.32 Å². The Morgan fingerprint density at radius 2 is 1.75 bits per heavy atom. The van der Waals surface area contributed by atoms with E-state index in [0.29, 0.717) is 30.1 Å². The third-order valence-corrected chi connectivity index (χ3v) is 4.93. The van der Waals surface area contributed by atoms with E-state index in [1.54, 1.807) is 24.4 Å². The average Bonchev–Trinajstić information content (AvgIpc) is 3.29. The summed E-state index contributed by atoms with van der Waals surface area (Å²) in [6.45, 7) is 0.507. The third-order valence-electron chi connectivity index (χ3n) is 4.93. The van der Waals surface area contributed by atoms with E-state index in [1.165, 1.54) is 18.2 Å². The summed E-state index contributed by atoms with van der Waals surface area (Å²) in [5.41, 5.74) is 2.09. The fraction of sp³-hybridized carbons (Fsp3) is 0.167. The number of unbranched alkanes of at least 4 members (excludes halogenated alkanes) is 1. The Morgan fingerprint density at radius 1 is 0.969 bits per heavy atom. The van der Waals surface area contributed by atoms with Crippen LogP contribution in [0.1, 0.15) is 18.7 Å². The van der Waals surface area contributed by atoms with Gasteiger partial charge in [-0.25, -0.2) is 14.4 Å². The molecule has 2 aromatic carbocycles. The van der Waals surface area contributed by atoms with Gasteiger partial charge in [-0.1, -0.05) is 30.3 Å². The van der Waals surface area contributed by atoms with Crippen LogP contribution in [-0.2, 0) is 6.42 Å². The number of anilines is 1. The first kappa shape index (κ1) is 21.2. The lowest BCUT2D eigenvalue weighted by molar-refractivity contribution is -0.384. The molecular weight excluding hydrogens is 411 g/mol. The van der Waals surface area contributed by atoms with E-state index < -0.39 is 4.92 Å². The van der Waals surface area contributed by atoms with E-state index in [2.05, 4.69) is 15.3 Å². The van der Waals surface area contributed by atoms with Crippen molar-refractivity contribution in [1.82, 2.24) is 9.97 Å². The minimum Gasteiger partial charge on any atom is -0.441 e. The predicted molar refractivity (Wildman–Crippen MR) is 120 cm³/mol. The number of rotatable bonds is 9. The third kappa shape index (κ3) is 5.15. The second-order valence-electron chi connectivity index (χ2n) is 7.20. The highest BCUT2D eigenvalue weighted by Crippen LogP contribution is 2.27. The molecule has 0 amide bonds. The normalized spacial score (nSPS) is 10.8. The zero-order chi connectivity index (χ0) is 22.3. The first-order valence-electron chi connectivity index (χ1n) is 10.3. The summed E-state index contributed by atoms with van der Waals surface area (Å²) in [6, 6.07) is 18.6. The van der Waals surface area contributed by atoms with Gasteiger partial charge in [0, 0.05) is 30.2 Å². The molecular formula is C24H21FN4O3. The van der Waals surface area contributed by atoms with E-state index in [0.717, 1.165) is 24.2 Å². The van der Waals surface area contributed by atoms with E-state index >= 15 is 0 Å². The van der Waals surface area contributed by atoms with Crippen LogP contribution in [-0.4, -0.2) is 21.4 Å². The molecule has 162 valence electrons. The molecule has 0 unspecified atom stereocenters. The zero-order valence-electron chi connectivity index (χ0n) is 17.2. The second kappa shape index (κ2) is 9.82. The van der Waals surface area contributed by atoms with Crippen molar-refractivity contribution in [3.05, 3.63) is 94.7 Å². The van der Waals surface area contributed by atoms with Gasteiger partial charge in [-0.15, -0.1) is 0 Å². The number of aryl methyl sites for hydroxylation is 1. The maximum Gasteiger partial charge on any atom is 0.311 e. The summed E-state index contributed by atoms with van der Waals surface area (Å²) in [4.78, 5) is 19.6. The number of hydrogen-bond acceptors (Lipinski definition) is 6. The van der Waals surface area contributed by atoms with Gasteiger partial charge >= 0.3 is 5.69 Å². The van der Waals surface area contributed by atoms with Crippen molar-refractivity contribution in [3.63, 3.8) is 0 Å². The van der Waals surface area contributed by atoms with Gasteiger partial charge in [0.25, 0.3) is 0 Å². The van der Waals surface area contributed by atoms with Gasteiger partial charge in [0.2, 0.25) is 5.82 Å². The Kier molecular flexibility index (Phi) is 6.50. The Morgan fingerprint density at radius 3 is 2.50 bits per heavy atom. The fourth-order valence-corrected chi connectivity index (χ4v) is 3.28. The Labute approximate surface area is 184 Å². The number of nitro groups is 1. The molecule has 0 atom stereocenters. The van der Waals surface area contributed by atoms with E-state index in [-0.39, 0.29) is 17.3 Å². The highest BCUT2D eigenvalue weighted by atomic mass is 19.1. The lowest BCUT2D eigenvalue weighted by atomic mass is 10.1. The van der Waals surface area contributed by atoms with E-state index in [1.807, 2.05) is 30.3 Å². The molecule has 0 saturated carbocycles. The number of nitrogens with zero attached hydrogens (tertiary/aromatic N) is 3. The van der Waals surface area contributed by atoms with Crippen LogP contribution in [0, 0.1) is 15.9 Å². The number of pyridine rings is 1. The molecule has 0 aliphatic rings. The maximum atomic E-state index is 13.2. The molecule has 7 nitrogen and oxygen atoms in total. The molecule has 4 aromatic rings. The quantitative estimate of drug-likeness (QED) is 0.201. The molecule has 4 rings (SSSR count). The Hall–Kier alpha value is -4.07. The predicted octanol–water partition coefficient (Wildman–Crippen LogP) is 5.89. The van der Waals surface area contributed by atoms with Gasteiger partial charge in [0.15, 0.2) is 11.7 Å². The van der Waals surface area contributed by atoms with Crippen LogP contribution in [0.2, 0.25) is 0 Å². The molecule has 32 heavy (non-hydrogen) atoms. The van der Waals surface area contributed by atoms with E-state index in [4.69, 9.17) is 4.42 Å². The molecule has 0 bridgehead atoms. The number of nitrogens with one attached hydrogen (secondary N) is 1. The second-order valence-corrected chi connectivity index (χ2v) is 7.20. The molecule has 0 aliphatic carbocycles. The number of halogens is 1. The summed E-state index contributed by atoms with van der Waals surface area (Å²) in [5, 5.41) is 14.4. The first-order chi connectivity index (χ1) is 15.6. The maximum absolute atomic E-state index is 13.2. The van der Waals surface area contributed by atoms with Gasteiger partial charge in [-0.05, 0) is 43.2 Å². The summed E-state index contributed by atoms with van der Waals surface area (Å²) >= 11 is 0. The standard InChI is InChI=1S/C24H21FN4O3/c25-19-11-9-17(10-12-19)20-13-14-21(29(30)31)24(28-20)26-15-5-4-8-23-27-16-22(32-23)18-6-2-1-3-7-18/h1-3,6-7,9-14,16H,4-5,8,15H2,(H,26,28). The zero-order valence-corrected chi connectivity index (χ0v) is 17.2. The summed E-state index contributed by atoms with van der Waals surface area (Å²) in [7, 11) is 0. The topological polar surface area (TPSA) is 94.1 Å². The lowest BCUT2D eigenvalue weighted by Crippen LogP contribution is -2.07. The van der Waals surface area contributed by atoms with Crippen LogP contribution in [0.3, 0.4) is 0 Å². The fourth-order valence-electron chi connectivity index (χ4n) is 3.28. The van der Waals surface area contributed by atoms with Crippen molar-refractivity contribution in [2.45, 2.75) is 19.3 Å². The van der Waals surface area contributed by atoms with Crippen LogP contribution in [0.25, 0.3) is 22.6 Å². The number of aromatic nitrogens is 2. The Balaban J connectivity index is 1.34. The molecule has 0 saturated heterocycles. The van der Waals surface area contributed by atoms with Crippen LogP contribution in [0.15, 0.2) is 77.3 Å². The van der Waals surface area contributed by atoms with Gasteiger partial charge in [-0.3, -0.25) is 10.1 Å². The monoisotopic (exact) mass is 432 g/mol. The van der Waals surface area contributed by atoms with E-state index in [9.17, 15) is 14.5 Å². The molecule has 0 spiro atoms. The van der Waals surface area contributed by atoms with Crippen molar-refractivity contribution in [2.24, 2.45) is 0 Å². The van der Waals surface area contributed by atoms with Crippen molar-refractivity contribution in [1.29, 1.82) is 0 Å².